The summed E-state index contributed by atoms with van der Waals surface area (Å²) < 4.78 is 0. The van der Waals surface area contributed by atoms with E-state index in [4.69, 9.17) is 6.42 Å². The molecule has 0 radical (unpaired) electrons. The first-order valence-electron chi connectivity index (χ1n) is 9.41. The van der Waals surface area contributed by atoms with Crippen LogP contribution in [0.1, 0.15) is 17.1 Å². The van der Waals surface area contributed by atoms with Gasteiger partial charge in [0.2, 0.25) is 0 Å². The Labute approximate surface area is 167 Å². The van der Waals surface area contributed by atoms with Crippen LogP contribution in [-0.4, -0.2) is 44.4 Å². The molecule has 3 rings (SSSR count). The van der Waals surface area contributed by atoms with Gasteiger partial charge >= 0.3 is 0 Å². The van der Waals surface area contributed by atoms with Crippen molar-refractivity contribution in [1.82, 2.24) is 24.8 Å². The molecule has 3 heterocycles. The first-order valence-corrected chi connectivity index (χ1v) is 9.41. The van der Waals surface area contributed by atoms with E-state index < -0.39 is 0 Å². The Morgan fingerprint density at radius 2 is 1.07 bits per heavy atom. The Hall–Kier alpha value is -3.07. The van der Waals surface area contributed by atoms with Gasteiger partial charge in [0.25, 0.3) is 0 Å². The van der Waals surface area contributed by atoms with E-state index in [1.807, 2.05) is 61.1 Å². The van der Waals surface area contributed by atoms with E-state index in [1.165, 1.54) is 0 Å². The van der Waals surface area contributed by atoms with Crippen LogP contribution in [0.5, 0.6) is 0 Å². The number of terminal acetylenes is 1. The van der Waals surface area contributed by atoms with Crippen molar-refractivity contribution >= 4 is 0 Å². The minimum absolute atomic E-state index is 0.595. The van der Waals surface area contributed by atoms with Crippen LogP contribution in [0.3, 0.4) is 0 Å². The van der Waals surface area contributed by atoms with Crippen LogP contribution in [0, 0.1) is 12.3 Å². The Morgan fingerprint density at radius 1 is 0.643 bits per heavy atom. The zero-order chi connectivity index (χ0) is 19.4. The lowest BCUT2D eigenvalue weighted by Crippen LogP contribution is -2.35. The zero-order valence-electron chi connectivity index (χ0n) is 16.0. The molecule has 0 saturated carbocycles. The van der Waals surface area contributed by atoms with Crippen LogP contribution in [0.2, 0.25) is 0 Å². The highest BCUT2D eigenvalue weighted by Gasteiger charge is 2.12. The van der Waals surface area contributed by atoms with Gasteiger partial charge in [0.1, 0.15) is 0 Å². The number of aromatic nitrogens is 3. The number of pyridine rings is 3. The molecule has 0 aliphatic carbocycles. The molecule has 0 fully saturated rings. The molecule has 0 saturated heterocycles. The van der Waals surface area contributed by atoms with Gasteiger partial charge in [-0.15, -0.1) is 6.42 Å². The maximum absolute atomic E-state index is 5.59. The Bertz CT molecular complexity index is 805. The molecule has 0 amide bonds. The van der Waals surface area contributed by atoms with E-state index in [2.05, 4.69) is 42.8 Å². The first kappa shape index (κ1) is 19.7. The maximum Gasteiger partial charge on any atom is 0.0602 e. The predicted octanol–water partition coefficient (Wildman–Crippen LogP) is 3.01. The Balaban J connectivity index is 1.65. The summed E-state index contributed by atoms with van der Waals surface area (Å²) in [7, 11) is 0. The largest absolute Gasteiger partial charge is 0.290 e. The van der Waals surface area contributed by atoms with Gasteiger partial charge in [-0.1, -0.05) is 24.1 Å². The summed E-state index contributed by atoms with van der Waals surface area (Å²) in [5, 5.41) is 0. The topological polar surface area (TPSA) is 45.2 Å². The van der Waals surface area contributed by atoms with E-state index in [9.17, 15) is 0 Å². The molecule has 0 unspecified atom stereocenters. The number of hydrogen-bond acceptors (Lipinski definition) is 5. The maximum atomic E-state index is 5.59. The fourth-order valence-corrected chi connectivity index (χ4v) is 3.00. The SMILES string of the molecule is C#CCN(CCN(Cc1ccccn1)Cc1ccccn1)Cc1ccccn1. The summed E-state index contributed by atoms with van der Waals surface area (Å²) in [6.45, 7) is 4.58. The molecule has 0 aromatic carbocycles. The van der Waals surface area contributed by atoms with Crippen molar-refractivity contribution in [2.24, 2.45) is 0 Å². The van der Waals surface area contributed by atoms with Crippen molar-refractivity contribution in [2.45, 2.75) is 19.6 Å². The third-order valence-electron chi connectivity index (χ3n) is 4.38. The molecule has 0 bridgehead atoms. The molecule has 5 nitrogen and oxygen atoms in total. The smallest absolute Gasteiger partial charge is 0.0602 e. The molecule has 28 heavy (non-hydrogen) atoms. The zero-order valence-corrected chi connectivity index (χ0v) is 16.0. The molecule has 0 atom stereocenters. The van der Waals surface area contributed by atoms with Gasteiger partial charge in [0.05, 0.1) is 23.6 Å². The number of hydrogen-bond donors (Lipinski definition) is 0. The van der Waals surface area contributed by atoms with Gasteiger partial charge in [-0.3, -0.25) is 24.8 Å². The average Bonchev–Trinajstić information content (AvgIpc) is 2.74. The van der Waals surface area contributed by atoms with Crippen molar-refractivity contribution in [2.75, 3.05) is 19.6 Å². The van der Waals surface area contributed by atoms with Crippen LogP contribution in [0.25, 0.3) is 0 Å². The Morgan fingerprint density at radius 3 is 1.46 bits per heavy atom. The molecule has 3 aromatic rings. The third-order valence-corrected chi connectivity index (χ3v) is 4.38. The van der Waals surface area contributed by atoms with Gasteiger partial charge < -0.3 is 0 Å². The summed E-state index contributed by atoms with van der Waals surface area (Å²) in [5.74, 6) is 2.77. The molecule has 0 N–H and O–H groups in total. The molecule has 0 aliphatic heterocycles. The standard InChI is InChI=1S/C23H25N5/c1-2-15-27(18-21-9-3-6-12-24-21)16-17-28(19-22-10-4-7-13-25-22)20-23-11-5-8-14-26-23/h1,3-14H,15-20H2. The van der Waals surface area contributed by atoms with Gasteiger partial charge in [-0.05, 0) is 36.4 Å². The highest BCUT2D eigenvalue weighted by atomic mass is 15.2. The van der Waals surface area contributed by atoms with Crippen LogP contribution in [0.15, 0.2) is 73.2 Å². The molecular formula is C23H25N5. The van der Waals surface area contributed by atoms with Gasteiger partial charge in [-0.2, -0.15) is 0 Å². The van der Waals surface area contributed by atoms with Gasteiger partial charge in [-0.25, -0.2) is 0 Å². The van der Waals surface area contributed by atoms with Crippen molar-refractivity contribution in [3.8, 4) is 12.3 Å². The first-order chi connectivity index (χ1) is 13.8. The molecule has 0 aliphatic rings. The second kappa shape index (κ2) is 10.9. The van der Waals surface area contributed by atoms with Crippen LogP contribution < -0.4 is 0 Å². The number of nitrogens with zero attached hydrogens (tertiary/aromatic N) is 5. The summed E-state index contributed by atoms with van der Waals surface area (Å²) in [5.41, 5.74) is 3.12. The highest BCUT2D eigenvalue weighted by molar-refractivity contribution is 5.07. The summed E-state index contributed by atoms with van der Waals surface area (Å²) in [4.78, 5) is 18.0. The van der Waals surface area contributed by atoms with Crippen molar-refractivity contribution in [1.29, 1.82) is 0 Å². The van der Waals surface area contributed by atoms with Crippen LogP contribution in [0.4, 0.5) is 0 Å². The normalized spacial score (nSPS) is 10.9. The predicted molar refractivity (Wildman–Crippen MR) is 111 cm³/mol. The van der Waals surface area contributed by atoms with Crippen molar-refractivity contribution < 1.29 is 0 Å². The van der Waals surface area contributed by atoms with Gasteiger partial charge in [0.15, 0.2) is 0 Å². The van der Waals surface area contributed by atoms with E-state index in [1.54, 1.807) is 0 Å². The van der Waals surface area contributed by atoms with E-state index in [0.717, 1.165) is 49.8 Å². The summed E-state index contributed by atoms with van der Waals surface area (Å²) in [6.07, 6.45) is 11.1. The lowest BCUT2D eigenvalue weighted by Gasteiger charge is -2.26. The minimum Gasteiger partial charge on any atom is -0.290 e. The van der Waals surface area contributed by atoms with E-state index in [0.29, 0.717) is 6.54 Å². The fourth-order valence-electron chi connectivity index (χ4n) is 3.00. The van der Waals surface area contributed by atoms with Crippen LogP contribution in [-0.2, 0) is 19.6 Å². The monoisotopic (exact) mass is 371 g/mol. The molecule has 3 aromatic heterocycles. The molecular weight excluding hydrogens is 346 g/mol. The highest BCUT2D eigenvalue weighted by Crippen LogP contribution is 2.08. The van der Waals surface area contributed by atoms with Crippen LogP contribution >= 0.6 is 0 Å². The lowest BCUT2D eigenvalue weighted by atomic mass is 10.2. The van der Waals surface area contributed by atoms with Crippen molar-refractivity contribution in [3.63, 3.8) is 0 Å². The third kappa shape index (κ3) is 6.58. The quantitative estimate of drug-likeness (QED) is 0.513. The fraction of sp³-hybridized carbons (Fsp3) is 0.261. The van der Waals surface area contributed by atoms with Crippen molar-refractivity contribution in [3.05, 3.63) is 90.3 Å². The van der Waals surface area contributed by atoms with E-state index >= 15 is 0 Å². The minimum atomic E-state index is 0.595. The second-order valence-corrected chi connectivity index (χ2v) is 6.59. The second-order valence-electron chi connectivity index (χ2n) is 6.59. The molecule has 0 spiro atoms. The summed E-state index contributed by atoms with van der Waals surface area (Å²) in [6, 6.07) is 18.0. The number of rotatable bonds is 10. The summed E-state index contributed by atoms with van der Waals surface area (Å²) >= 11 is 0. The average molecular weight is 371 g/mol. The lowest BCUT2D eigenvalue weighted by molar-refractivity contribution is 0.195. The van der Waals surface area contributed by atoms with Gasteiger partial charge in [0, 0.05) is 51.3 Å². The van der Waals surface area contributed by atoms with E-state index in [-0.39, 0.29) is 0 Å². The molecule has 142 valence electrons. The molecule has 5 heteroatoms. The Kier molecular flexibility index (Phi) is 7.68.